The van der Waals surface area contributed by atoms with Gasteiger partial charge in [-0.3, -0.25) is 0 Å². The highest BCUT2D eigenvalue weighted by Gasteiger charge is 2.43. The van der Waals surface area contributed by atoms with Gasteiger partial charge in [-0.2, -0.15) is 0 Å². The van der Waals surface area contributed by atoms with Crippen LogP contribution in [-0.4, -0.2) is 12.1 Å². The molecule has 0 bridgehead atoms. The predicted octanol–water partition coefficient (Wildman–Crippen LogP) is 5.68. The number of hydrogen-bond acceptors (Lipinski definition) is 1. The molecule has 0 saturated heterocycles. The normalized spacial score (nSPS) is 39.0. The van der Waals surface area contributed by atoms with E-state index < -0.39 is 0 Å². The molecule has 0 aromatic carbocycles. The second-order valence-electron chi connectivity index (χ2n) is 9.58. The van der Waals surface area contributed by atoms with Gasteiger partial charge in [-0.1, -0.05) is 40.0 Å². The third kappa shape index (κ3) is 3.84. The van der Waals surface area contributed by atoms with Gasteiger partial charge in [0.05, 0.1) is 0 Å². The van der Waals surface area contributed by atoms with Gasteiger partial charge in [-0.25, -0.2) is 0 Å². The van der Waals surface area contributed by atoms with E-state index >= 15 is 0 Å². The SMILES string of the molecule is CC(C)(C)C1CCC2(CCC(NC3CCCCC3)C2)CC1. The van der Waals surface area contributed by atoms with E-state index in [0.29, 0.717) is 5.41 Å². The first-order chi connectivity index (χ1) is 9.97. The van der Waals surface area contributed by atoms with Crippen molar-refractivity contribution in [2.75, 3.05) is 0 Å². The van der Waals surface area contributed by atoms with Crippen LogP contribution in [0, 0.1) is 16.7 Å². The van der Waals surface area contributed by atoms with Crippen molar-refractivity contribution in [1.29, 1.82) is 0 Å². The van der Waals surface area contributed by atoms with Gasteiger partial charge in [0.1, 0.15) is 0 Å². The van der Waals surface area contributed by atoms with Crippen molar-refractivity contribution in [3.05, 3.63) is 0 Å². The molecule has 1 N–H and O–H groups in total. The predicted molar refractivity (Wildman–Crippen MR) is 91.5 cm³/mol. The molecule has 21 heavy (non-hydrogen) atoms. The van der Waals surface area contributed by atoms with E-state index in [1.807, 2.05) is 0 Å². The summed E-state index contributed by atoms with van der Waals surface area (Å²) in [5.74, 6) is 0.966. The fourth-order valence-electron chi connectivity index (χ4n) is 5.50. The van der Waals surface area contributed by atoms with Crippen molar-refractivity contribution in [2.24, 2.45) is 16.7 Å². The summed E-state index contributed by atoms with van der Waals surface area (Å²) in [6, 6.07) is 1.70. The molecule has 122 valence electrons. The highest BCUT2D eigenvalue weighted by Crippen LogP contribution is 2.53. The molecular formula is C20H37N. The lowest BCUT2D eigenvalue weighted by molar-refractivity contribution is 0.0894. The molecule has 0 heterocycles. The second kappa shape index (κ2) is 6.22. The Morgan fingerprint density at radius 1 is 0.762 bits per heavy atom. The fraction of sp³-hybridized carbons (Fsp3) is 1.00. The maximum Gasteiger partial charge on any atom is 0.00751 e. The van der Waals surface area contributed by atoms with Gasteiger partial charge in [-0.15, -0.1) is 0 Å². The van der Waals surface area contributed by atoms with Gasteiger partial charge in [0.2, 0.25) is 0 Å². The van der Waals surface area contributed by atoms with Crippen molar-refractivity contribution >= 4 is 0 Å². The molecule has 0 aliphatic heterocycles. The number of rotatable bonds is 2. The monoisotopic (exact) mass is 291 g/mol. The van der Waals surface area contributed by atoms with Crippen LogP contribution in [0.1, 0.15) is 97.8 Å². The Kier molecular flexibility index (Phi) is 4.69. The van der Waals surface area contributed by atoms with Crippen LogP contribution in [0.25, 0.3) is 0 Å². The van der Waals surface area contributed by atoms with Gasteiger partial charge in [0.15, 0.2) is 0 Å². The molecule has 1 unspecified atom stereocenters. The van der Waals surface area contributed by atoms with Crippen molar-refractivity contribution < 1.29 is 0 Å². The van der Waals surface area contributed by atoms with E-state index in [2.05, 4.69) is 26.1 Å². The second-order valence-corrected chi connectivity index (χ2v) is 9.58. The third-order valence-corrected chi connectivity index (χ3v) is 7.05. The van der Waals surface area contributed by atoms with E-state index in [9.17, 15) is 0 Å². The summed E-state index contributed by atoms with van der Waals surface area (Å²) in [5.41, 5.74) is 1.26. The van der Waals surface area contributed by atoms with Crippen LogP contribution in [0.3, 0.4) is 0 Å². The lowest BCUT2D eigenvalue weighted by Gasteiger charge is -2.42. The van der Waals surface area contributed by atoms with E-state index in [1.54, 1.807) is 0 Å². The minimum absolute atomic E-state index is 0.528. The molecule has 1 atom stereocenters. The van der Waals surface area contributed by atoms with Gasteiger partial charge in [-0.05, 0) is 74.5 Å². The van der Waals surface area contributed by atoms with E-state index in [0.717, 1.165) is 23.4 Å². The molecule has 0 radical (unpaired) electrons. The molecular weight excluding hydrogens is 254 g/mol. The average Bonchev–Trinajstić information content (AvgIpc) is 2.82. The number of nitrogens with one attached hydrogen (secondary N) is 1. The van der Waals surface area contributed by atoms with Crippen LogP contribution in [-0.2, 0) is 0 Å². The summed E-state index contributed by atoms with van der Waals surface area (Å²) in [7, 11) is 0. The van der Waals surface area contributed by atoms with Crippen LogP contribution in [0.2, 0.25) is 0 Å². The molecule has 3 fully saturated rings. The summed E-state index contributed by atoms with van der Waals surface area (Å²) in [5, 5.41) is 4.03. The Bertz CT molecular complexity index is 326. The van der Waals surface area contributed by atoms with E-state index in [4.69, 9.17) is 0 Å². The van der Waals surface area contributed by atoms with Crippen LogP contribution < -0.4 is 5.32 Å². The maximum absolute atomic E-state index is 4.03. The smallest absolute Gasteiger partial charge is 0.00751 e. The Hall–Kier alpha value is -0.0400. The molecule has 1 heteroatoms. The first kappa shape index (κ1) is 15.8. The van der Waals surface area contributed by atoms with Crippen molar-refractivity contribution in [1.82, 2.24) is 5.32 Å². The van der Waals surface area contributed by atoms with Gasteiger partial charge in [0.25, 0.3) is 0 Å². The molecule has 3 rings (SSSR count). The summed E-state index contributed by atoms with van der Waals surface area (Å²) in [4.78, 5) is 0. The van der Waals surface area contributed by atoms with Crippen LogP contribution in [0.15, 0.2) is 0 Å². The Labute approximate surface area is 132 Å². The first-order valence-corrected chi connectivity index (χ1v) is 9.73. The third-order valence-electron chi connectivity index (χ3n) is 7.05. The van der Waals surface area contributed by atoms with Crippen molar-refractivity contribution in [3.63, 3.8) is 0 Å². The van der Waals surface area contributed by atoms with Crippen LogP contribution >= 0.6 is 0 Å². The summed E-state index contributed by atoms with van der Waals surface area (Å²) < 4.78 is 0. The Balaban J connectivity index is 1.48. The zero-order valence-corrected chi connectivity index (χ0v) is 14.7. The van der Waals surface area contributed by atoms with E-state index in [1.165, 1.54) is 77.0 Å². The molecule has 0 aromatic heterocycles. The minimum Gasteiger partial charge on any atom is -0.311 e. The standard InChI is InChI=1S/C20H37N/c1-19(2,3)16-9-12-20(13-10-16)14-11-18(15-20)21-17-7-5-4-6-8-17/h16-18,21H,4-15H2,1-3H3. The summed E-state index contributed by atoms with van der Waals surface area (Å²) >= 11 is 0. The molecule has 3 saturated carbocycles. The lowest BCUT2D eigenvalue weighted by atomic mass is 9.63. The largest absolute Gasteiger partial charge is 0.311 e. The van der Waals surface area contributed by atoms with Crippen LogP contribution in [0.4, 0.5) is 0 Å². The van der Waals surface area contributed by atoms with Crippen molar-refractivity contribution in [3.8, 4) is 0 Å². The topological polar surface area (TPSA) is 12.0 Å². The van der Waals surface area contributed by atoms with Gasteiger partial charge >= 0.3 is 0 Å². The fourth-order valence-corrected chi connectivity index (χ4v) is 5.50. The highest BCUT2D eigenvalue weighted by atomic mass is 15.0. The van der Waals surface area contributed by atoms with Gasteiger partial charge in [0, 0.05) is 12.1 Å². The Morgan fingerprint density at radius 2 is 1.38 bits per heavy atom. The quantitative estimate of drug-likeness (QED) is 0.689. The first-order valence-electron chi connectivity index (χ1n) is 9.73. The molecule has 3 aliphatic carbocycles. The molecule has 1 spiro atoms. The molecule has 3 aliphatic rings. The molecule has 0 aromatic rings. The minimum atomic E-state index is 0.528. The Morgan fingerprint density at radius 3 is 2.00 bits per heavy atom. The highest BCUT2D eigenvalue weighted by molar-refractivity contribution is 4.97. The molecule has 0 amide bonds. The number of hydrogen-bond donors (Lipinski definition) is 1. The lowest BCUT2D eigenvalue weighted by Crippen LogP contribution is -2.39. The van der Waals surface area contributed by atoms with Gasteiger partial charge < -0.3 is 5.32 Å². The van der Waals surface area contributed by atoms with E-state index in [-0.39, 0.29) is 0 Å². The molecule has 1 nitrogen and oxygen atoms in total. The summed E-state index contributed by atoms with van der Waals surface area (Å²) in [6.45, 7) is 7.33. The van der Waals surface area contributed by atoms with Crippen LogP contribution in [0.5, 0.6) is 0 Å². The maximum atomic E-state index is 4.03. The zero-order valence-electron chi connectivity index (χ0n) is 14.7. The van der Waals surface area contributed by atoms with Crippen molar-refractivity contribution in [2.45, 2.75) is 110 Å². The zero-order chi connectivity index (χ0) is 14.9. The summed E-state index contributed by atoms with van der Waals surface area (Å²) in [6.07, 6.45) is 17.7. The average molecular weight is 292 g/mol.